The van der Waals surface area contributed by atoms with E-state index in [1.54, 1.807) is 67.7 Å². The highest BCUT2D eigenvalue weighted by Crippen LogP contribution is 2.22. The van der Waals surface area contributed by atoms with Gasteiger partial charge in [-0.1, -0.05) is 99.6 Å². The third kappa shape index (κ3) is 20.1. The molecule has 7 amide bonds. The number of benzene rings is 3. The lowest BCUT2D eigenvalue weighted by Gasteiger charge is -2.26. The van der Waals surface area contributed by atoms with Gasteiger partial charge in [0.2, 0.25) is 29.5 Å². The van der Waals surface area contributed by atoms with Crippen LogP contribution in [0.3, 0.4) is 0 Å². The second-order valence-electron chi connectivity index (χ2n) is 19.6. The van der Waals surface area contributed by atoms with Gasteiger partial charge >= 0.3 is 6.03 Å². The zero-order chi connectivity index (χ0) is 55.9. The average Bonchev–Trinajstić information content (AvgIpc) is 3.79. The molecule has 0 bridgehead atoms. The van der Waals surface area contributed by atoms with Gasteiger partial charge in [-0.3, -0.25) is 43.3 Å². The van der Waals surface area contributed by atoms with Crippen LogP contribution in [0.25, 0.3) is 10.9 Å². The maximum Gasteiger partial charge on any atom is 0.315 e. The van der Waals surface area contributed by atoms with Crippen LogP contribution in [-0.2, 0) is 57.6 Å². The van der Waals surface area contributed by atoms with E-state index >= 15 is 0 Å². The van der Waals surface area contributed by atoms with E-state index in [0.29, 0.717) is 24.9 Å². The van der Waals surface area contributed by atoms with Crippen LogP contribution in [0.1, 0.15) is 82.9 Å². The number of rotatable bonds is 32. The van der Waals surface area contributed by atoms with E-state index in [1.807, 2.05) is 44.2 Å². The van der Waals surface area contributed by atoms with Crippen molar-refractivity contribution in [1.82, 2.24) is 36.9 Å². The van der Waals surface area contributed by atoms with Crippen molar-refractivity contribution in [2.24, 2.45) is 45.9 Å². The molecule has 0 radical (unpaired) electrons. The lowest BCUT2D eigenvalue weighted by molar-refractivity contribution is -0.137. The summed E-state index contributed by atoms with van der Waals surface area (Å²) < 4.78 is 0. The number of aromatic nitrogens is 1. The number of aliphatic imine (C=N–C) groups is 1. The van der Waals surface area contributed by atoms with Gasteiger partial charge in [-0.25, -0.2) is 4.79 Å². The molecular formula is C55H75N11O10. The summed E-state index contributed by atoms with van der Waals surface area (Å²) in [4.78, 5) is 129. The summed E-state index contributed by atoms with van der Waals surface area (Å²) >= 11 is 0. The highest BCUT2D eigenvalue weighted by atomic mass is 16.3. The molecule has 410 valence electrons. The van der Waals surface area contributed by atoms with Crippen LogP contribution in [0.5, 0.6) is 0 Å². The summed E-state index contributed by atoms with van der Waals surface area (Å²) in [5.41, 5.74) is 20.1. The summed E-state index contributed by atoms with van der Waals surface area (Å²) in [7, 11) is 1.51. The maximum absolute atomic E-state index is 14.1. The van der Waals surface area contributed by atoms with Crippen molar-refractivity contribution in [3.8, 4) is 0 Å². The number of nitrogens with one attached hydrogen (secondary N) is 7. The number of carbonyl (C=O) groups excluding carboxylic acids is 9. The largest absolute Gasteiger partial charge is 0.393 e. The van der Waals surface area contributed by atoms with E-state index in [1.165, 1.54) is 14.0 Å². The van der Waals surface area contributed by atoms with Gasteiger partial charge in [-0.05, 0) is 67.7 Å². The van der Waals surface area contributed by atoms with E-state index in [2.05, 4.69) is 41.9 Å². The van der Waals surface area contributed by atoms with Crippen LogP contribution in [-0.4, -0.2) is 119 Å². The molecule has 1 aromatic heterocycles. The number of hydrogen-bond acceptors (Lipinski definition) is 11. The summed E-state index contributed by atoms with van der Waals surface area (Å²) in [5.74, 6) is -8.56. The first-order chi connectivity index (χ1) is 36.1. The first kappa shape index (κ1) is 60.6. The normalized spacial score (nSPS) is 14.6. The second-order valence-corrected chi connectivity index (χ2v) is 19.6. The monoisotopic (exact) mass is 1050 g/mol. The molecule has 21 heteroatoms. The molecule has 0 fully saturated rings. The molecule has 0 saturated carbocycles. The number of urea groups is 1. The number of amides is 7. The van der Waals surface area contributed by atoms with Gasteiger partial charge in [0.1, 0.15) is 6.04 Å². The van der Waals surface area contributed by atoms with Crippen molar-refractivity contribution < 1.29 is 48.3 Å². The number of primary amides is 2. The minimum Gasteiger partial charge on any atom is -0.393 e. The van der Waals surface area contributed by atoms with Crippen LogP contribution >= 0.6 is 0 Å². The fourth-order valence-corrected chi connectivity index (χ4v) is 8.66. The zero-order valence-corrected chi connectivity index (χ0v) is 43.9. The van der Waals surface area contributed by atoms with Gasteiger partial charge < -0.3 is 59.2 Å². The van der Waals surface area contributed by atoms with E-state index in [9.17, 15) is 48.3 Å². The molecule has 4 rings (SSSR count). The molecular weight excluding hydrogens is 975 g/mol. The second kappa shape index (κ2) is 30.4. The van der Waals surface area contributed by atoms with Gasteiger partial charge in [0.05, 0.1) is 43.1 Å². The Hall–Kier alpha value is -7.94. The number of ketones is 3. The van der Waals surface area contributed by atoms with Gasteiger partial charge in [0.15, 0.2) is 23.3 Å². The lowest BCUT2D eigenvalue weighted by atomic mass is 9.90. The van der Waals surface area contributed by atoms with E-state index in [0.717, 1.165) is 22.0 Å². The minimum absolute atomic E-state index is 0.0584. The molecule has 0 aliphatic rings. The van der Waals surface area contributed by atoms with Crippen molar-refractivity contribution in [2.75, 3.05) is 20.1 Å². The number of H-pyrrole nitrogens is 1. The number of para-hydroxylation sites is 1. The Balaban J connectivity index is 1.45. The van der Waals surface area contributed by atoms with Crippen molar-refractivity contribution in [3.63, 3.8) is 0 Å². The van der Waals surface area contributed by atoms with Crippen molar-refractivity contribution >= 4 is 69.8 Å². The molecule has 0 aliphatic carbocycles. The molecule has 14 N–H and O–H groups in total. The highest BCUT2D eigenvalue weighted by molar-refractivity contribution is 5.98. The molecule has 21 nitrogen and oxygen atoms in total. The van der Waals surface area contributed by atoms with Crippen molar-refractivity contribution in [2.45, 2.75) is 116 Å². The summed E-state index contributed by atoms with van der Waals surface area (Å²) in [6.45, 7) is 6.32. The predicted molar refractivity (Wildman–Crippen MR) is 288 cm³/mol. The number of aromatic amines is 1. The summed E-state index contributed by atoms with van der Waals surface area (Å²) in [5, 5.41) is 27.8. The molecule has 3 aromatic carbocycles. The third-order valence-corrected chi connectivity index (χ3v) is 12.9. The minimum atomic E-state index is -1.45. The lowest BCUT2D eigenvalue weighted by Crippen LogP contribution is -2.53. The topological polar surface area (TPSA) is 352 Å². The van der Waals surface area contributed by atoms with Gasteiger partial charge in [0.25, 0.3) is 0 Å². The fourth-order valence-electron chi connectivity index (χ4n) is 8.66. The Bertz CT molecular complexity index is 2640. The van der Waals surface area contributed by atoms with E-state index in [4.69, 9.17) is 17.2 Å². The highest BCUT2D eigenvalue weighted by Gasteiger charge is 2.35. The number of nitrogens with two attached hydrogens (primary N) is 3. The number of carbonyl (C=O) groups is 9. The van der Waals surface area contributed by atoms with Gasteiger partial charge in [0, 0.05) is 61.8 Å². The molecule has 0 aliphatic heterocycles. The van der Waals surface area contributed by atoms with Crippen molar-refractivity contribution in [3.05, 3.63) is 108 Å². The SMILES string of the molecule is CN=C(N)NCCC[C@H](CC(=O)[C@H](CC(C)C)NC(=O)NCC(=O)[C@H](Cc1ccccc1)NC(=O)[C@@H](CC(=O)[C@H](CC(N)=O)NC(=O)[C@@H](C)Cc1c[nH]c2ccccc12)[C@@H](C)O)C(=O)N[C@@H](Cc1ccccc1)C(N)=O. The first-order valence-corrected chi connectivity index (χ1v) is 25.5. The smallest absolute Gasteiger partial charge is 0.315 e. The molecule has 0 saturated heterocycles. The average molecular weight is 1050 g/mol. The maximum atomic E-state index is 14.1. The molecule has 8 atom stereocenters. The number of aliphatic hydroxyl groups is 1. The Labute approximate surface area is 443 Å². The van der Waals surface area contributed by atoms with Crippen LogP contribution < -0.4 is 49.1 Å². The van der Waals surface area contributed by atoms with Crippen LogP contribution in [0.4, 0.5) is 4.79 Å². The Morgan fingerprint density at radius 1 is 0.618 bits per heavy atom. The molecule has 76 heavy (non-hydrogen) atoms. The standard InChI is InChI=1S/C55H75N11O10/c1-32(2)23-42(46(68)27-37(19-14-22-60-54(58)59-5)52(74)65-45(50(57)72)26-36-17-10-7-11-18-36)66-55(76)62-31-48(70)43(25-35-15-8-6-9-16-35)64-53(75)40(34(4)67)28-47(69)44(29-49(56)71)63-51(73)33(3)24-38-30-61-41-21-13-12-20-39(38)41/h6-13,15-18,20-21,30,32-34,37,40,42-45,61,67H,14,19,22-29,31H2,1-5H3,(H2,56,71)(H2,57,72)(H,63,73)(H,64,75)(H,65,74)(H3,58,59,60)(H2,62,66,76)/t33-,34+,37+,40-,42-,43-,44-,45-/m0/s1. The van der Waals surface area contributed by atoms with Crippen LogP contribution in [0.15, 0.2) is 96.1 Å². The Morgan fingerprint density at radius 3 is 1.79 bits per heavy atom. The number of guanidine groups is 1. The van der Waals surface area contributed by atoms with Crippen molar-refractivity contribution in [1.29, 1.82) is 0 Å². The Morgan fingerprint density at radius 2 is 1.20 bits per heavy atom. The molecule has 0 spiro atoms. The summed E-state index contributed by atoms with van der Waals surface area (Å²) in [6, 6.07) is 19.4. The van der Waals surface area contributed by atoms with E-state index < -0.39 is 120 Å². The number of aliphatic hydroxyl groups excluding tert-OH is 1. The van der Waals surface area contributed by atoms with Crippen LogP contribution in [0.2, 0.25) is 0 Å². The number of fused-ring (bicyclic) bond motifs is 1. The van der Waals surface area contributed by atoms with Gasteiger partial charge in [-0.15, -0.1) is 0 Å². The third-order valence-electron chi connectivity index (χ3n) is 12.9. The fraction of sp³-hybridized carbons (Fsp3) is 0.455. The first-order valence-electron chi connectivity index (χ1n) is 25.5. The molecule has 0 unspecified atom stereocenters. The number of hydrogen-bond donors (Lipinski definition) is 11. The summed E-state index contributed by atoms with van der Waals surface area (Å²) in [6.07, 6.45) is -0.0988. The number of Topliss-reactive ketones (excluding diaryl/α,β-unsaturated/α-hetero) is 3. The Kier molecular flexibility index (Phi) is 24.3. The predicted octanol–water partition coefficient (Wildman–Crippen LogP) is 1.78. The van der Waals surface area contributed by atoms with Crippen LogP contribution in [0, 0.1) is 23.7 Å². The van der Waals surface area contributed by atoms with E-state index in [-0.39, 0.29) is 44.0 Å². The molecule has 1 heterocycles. The quantitative estimate of drug-likeness (QED) is 0.0189. The van der Waals surface area contributed by atoms with Gasteiger partial charge in [-0.2, -0.15) is 0 Å². The molecule has 4 aromatic rings. The zero-order valence-electron chi connectivity index (χ0n) is 43.9. The number of nitrogens with zero attached hydrogens (tertiary/aromatic N) is 1.